The Morgan fingerprint density at radius 1 is 1.26 bits per heavy atom. The molecule has 2 aromatic rings. The first kappa shape index (κ1) is 16.7. The molecule has 1 aromatic heterocycles. The number of benzene rings is 1. The molecule has 2 rings (SSSR count). The number of hydrogen-bond donors (Lipinski definition) is 2. The predicted molar refractivity (Wildman–Crippen MR) is 90.9 cm³/mol. The Balaban J connectivity index is 2.04. The lowest BCUT2D eigenvalue weighted by molar-refractivity contribution is 0.102. The van der Waals surface area contributed by atoms with Crippen LogP contribution in [0.25, 0.3) is 0 Å². The largest absolute Gasteiger partial charge is 0.495 e. The topological polar surface area (TPSA) is 76.1 Å². The lowest BCUT2D eigenvalue weighted by Crippen LogP contribution is -2.16. The van der Waals surface area contributed by atoms with E-state index in [4.69, 9.17) is 4.74 Å². The number of ether oxygens (including phenoxy) is 1. The van der Waals surface area contributed by atoms with E-state index in [2.05, 4.69) is 34.4 Å². The number of carbonyl (C=O) groups excluding carboxylic acids is 1. The summed E-state index contributed by atoms with van der Waals surface area (Å²) >= 11 is 0. The smallest absolute Gasteiger partial charge is 0.274 e. The van der Waals surface area contributed by atoms with Crippen molar-refractivity contribution in [2.24, 2.45) is 5.92 Å². The van der Waals surface area contributed by atoms with Gasteiger partial charge in [0.1, 0.15) is 11.4 Å². The van der Waals surface area contributed by atoms with Gasteiger partial charge in [-0.05, 0) is 30.5 Å². The number of methoxy groups -OCH3 is 1. The Morgan fingerprint density at radius 3 is 2.78 bits per heavy atom. The Hall–Kier alpha value is -2.63. The molecule has 0 aliphatic heterocycles. The minimum atomic E-state index is -0.302. The maximum absolute atomic E-state index is 12.3. The second-order valence-corrected chi connectivity index (χ2v) is 5.53. The summed E-state index contributed by atoms with van der Waals surface area (Å²) in [6.07, 6.45) is 2.59. The number of nitrogens with one attached hydrogen (secondary N) is 2. The Labute approximate surface area is 136 Å². The summed E-state index contributed by atoms with van der Waals surface area (Å²) in [4.78, 5) is 20.7. The van der Waals surface area contributed by atoms with Crippen LogP contribution in [-0.4, -0.2) is 29.5 Å². The lowest BCUT2D eigenvalue weighted by Gasteiger charge is -2.10. The van der Waals surface area contributed by atoms with Gasteiger partial charge in [-0.25, -0.2) is 9.97 Å². The van der Waals surface area contributed by atoms with Crippen LogP contribution in [0.1, 0.15) is 30.8 Å². The molecular formula is C17H22N4O2. The molecule has 0 fully saturated rings. The molecule has 0 aliphatic rings. The molecule has 0 saturated heterocycles. The van der Waals surface area contributed by atoms with Crippen molar-refractivity contribution >= 4 is 17.5 Å². The number of rotatable bonds is 7. The molecule has 0 spiro atoms. The highest BCUT2D eigenvalue weighted by atomic mass is 16.5. The van der Waals surface area contributed by atoms with E-state index in [1.165, 1.54) is 0 Å². The van der Waals surface area contributed by atoms with Crippen molar-refractivity contribution in [3.05, 3.63) is 42.2 Å². The van der Waals surface area contributed by atoms with Crippen LogP contribution in [0.3, 0.4) is 0 Å². The van der Waals surface area contributed by atoms with Gasteiger partial charge in [0.15, 0.2) is 0 Å². The van der Waals surface area contributed by atoms with Crippen molar-refractivity contribution in [2.45, 2.75) is 20.3 Å². The zero-order valence-corrected chi connectivity index (χ0v) is 13.7. The summed E-state index contributed by atoms with van der Waals surface area (Å²) in [5, 5.41) is 5.93. The molecule has 6 heteroatoms. The van der Waals surface area contributed by atoms with E-state index in [1.54, 1.807) is 31.5 Å². The normalized spacial score (nSPS) is 10.4. The van der Waals surface area contributed by atoms with E-state index in [0.29, 0.717) is 29.0 Å². The molecule has 23 heavy (non-hydrogen) atoms. The van der Waals surface area contributed by atoms with Gasteiger partial charge in [-0.3, -0.25) is 4.79 Å². The van der Waals surface area contributed by atoms with E-state index < -0.39 is 0 Å². The number of anilines is 2. The monoisotopic (exact) mass is 314 g/mol. The second kappa shape index (κ2) is 8.12. The average molecular weight is 314 g/mol. The van der Waals surface area contributed by atoms with Gasteiger partial charge in [-0.15, -0.1) is 0 Å². The van der Waals surface area contributed by atoms with Crippen molar-refractivity contribution in [1.29, 1.82) is 0 Å². The van der Waals surface area contributed by atoms with E-state index in [9.17, 15) is 4.79 Å². The van der Waals surface area contributed by atoms with Crippen LogP contribution >= 0.6 is 0 Å². The molecular weight excluding hydrogens is 292 g/mol. The van der Waals surface area contributed by atoms with Crippen LogP contribution in [0, 0.1) is 5.92 Å². The van der Waals surface area contributed by atoms with Gasteiger partial charge >= 0.3 is 0 Å². The van der Waals surface area contributed by atoms with Gasteiger partial charge in [0.2, 0.25) is 5.95 Å². The van der Waals surface area contributed by atoms with Crippen molar-refractivity contribution in [1.82, 2.24) is 9.97 Å². The van der Waals surface area contributed by atoms with Crippen LogP contribution in [0.15, 0.2) is 36.5 Å². The minimum Gasteiger partial charge on any atom is -0.495 e. The first-order valence-corrected chi connectivity index (χ1v) is 7.61. The maximum Gasteiger partial charge on any atom is 0.274 e. The Bertz CT molecular complexity index is 659. The lowest BCUT2D eigenvalue weighted by atomic mass is 10.1. The first-order chi connectivity index (χ1) is 11.1. The fraction of sp³-hybridized carbons (Fsp3) is 0.353. The molecule has 1 amide bonds. The number of aromatic nitrogens is 2. The highest BCUT2D eigenvalue weighted by Crippen LogP contribution is 2.23. The second-order valence-electron chi connectivity index (χ2n) is 5.53. The average Bonchev–Trinajstić information content (AvgIpc) is 2.55. The summed E-state index contributed by atoms with van der Waals surface area (Å²) < 4.78 is 5.22. The summed E-state index contributed by atoms with van der Waals surface area (Å²) in [5.74, 6) is 1.35. The molecule has 2 N–H and O–H groups in total. The summed E-state index contributed by atoms with van der Waals surface area (Å²) in [7, 11) is 1.56. The minimum absolute atomic E-state index is 0.302. The quantitative estimate of drug-likeness (QED) is 0.821. The number of hydrogen-bond acceptors (Lipinski definition) is 5. The third-order valence-corrected chi connectivity index (χ3v) is 3.25. The molecule has 1 aromatic carbocycles. The van der Waals surface area contributed by atoms with Gasteiger partial charge in [-0.2, -0.15) is 0 Å². The SMILES string of the molecule is COc1ccccc1NC(=O)c1ccnc(NCCC(C)C)n1. The van der Waals surface area contributed by atoms with E-state index in [0.717, 1.165) is 13.0 Å². The molecule has 0 bridgehead atoms. The number of amides is 1. The standard InChI is InChI=1S/C17H22N4O2/c1-12(2)8-10-18-17-19-11-9-14(21-17)16(22)20-13-6-4-5-7-15(13)23-3/h4-7,9,11-12H,8,10H2,1-3H3,(H,20,22)(H,18,19,21). The molecule has 0 atom stereocenters. The molecule has 0 aliphatic carbocycles. The molecule has 1 heterocycles. The number of para-hydroxylation sites is 2. The highest BCUT2D eigenvalue weighted by molar-refractivity contribution is 6.03. The predicted octanol–water partition coefficient (Wildman–Crippen LogP) is 3.20. The summed E-state index contributed by atoms with van der Waals surface area (Å²) in [5.41, 5.74) is 0.908. The van der Waals surface area contributed by atoms with E-state index in [1.807, 2.05) is 12.1 Å². The van der Waals surface area contributed by atoms with Crippen LogP contribution in [0.2, 0.25) is 0 Å². The van der Waals surface area contributed by atoms with Crippen molar-refractivity contribution in [3.8, 4) is 5.75 Å². The molecule has 0 unspecified atom stereocenters. The Morgan fingerprint density at radius 2 is 2.04 bits per heavy atom. The van der Waals surface area contributed by atoms with Gasteiger partial charge in [0.25, 0.3) is 5.91 Å². The highest BCUT2D eigenvalue weighted by Gasteiger charge is 2.11. The van der Waals surface area contributed by atoms with Gasteiger partial charge < -0.3 is 15.4 Å². The zero-order valence-electron chi connectivity index (χ0n) is 13.7. The van der Waals surface area contributed by atoms with Gasteiger partial charge in [0.05, 0.1) is 12.8 Å². The fourth-order valence-electron chi connectivity index (χ4n) is 1.98. The molecule has 0 saturated carbocycles. The van der Waals surface area contributed by atoms with E-state index in [-0.39, 0.29) is 5.91 Å². The molecule has 0 radical (unpaired) electrons. The van der Waals surface area contributed by atoms with Crippen molar-refractivity contribution in [2.75, 3.05) is 24.3 Å². The zero-order chi connectivity index (χ0) is 16.7. The van der Waals surface area contributed by atoms with E-state index >= 15 is 0 Å². The summed E-state index contributed by atoms with van der Waals surface area (Å²) in [6.45, 7) is 5.08. The van der Waals surface area contributed by atoms with Crippen LogP contribution < -0.4 is 15.4 Å². The third-order valence-electron chi connectivity index (χ3n) is 3.25. The fourth-order valence-corrected chi connectivity index (χ4v) is 1.98. The van der Waals surface area contributed by atoms with Crippen LogP contribution in [0.5, 0.6) is 5.75 Å². The van der Waals surface area contributed by atoms with Crippen LogP contribution in [0.4, 0.5) is 11.6 Å². The van der Waals surface area contributed by atoms with Gasteiger partial charge in [-0.1, -0.05) is 26.0 Å². The third kappa shape index (κ3) is 4.95. The number of carbonyl (C=O) groups is 1. The molecule has 6 nitrogen and oxygen atoms in total. The Kier molecular flexibility index (Phi) is 5.91. The number of nitrogens with zero attached hydrogens (tertiary/aromatic N) is 2. The van der Waals surface area contributed by atoms with Gasteiger partial charge in [0, 0.05) is 12.7 Å². The van der Waals surface area contributed by atoms with Crippen molar-refractivity contribution in [3.63, 3.8) is 0 Å². The first-order valence-electron chi connectivity index (χ1n) is 7.61. The van der Waals surface area contributed by atoms with Crippen LogP contribution in [-0.2, 0) is 0 Å². The van der Waals surface area contributed by atoms with Crippen molar-refractivity contribution < 1.29 is 9.53 Å². The molecule has 122 valence electrons. The maximum atomic E-state index is 12.3. The summed E-state index contributed by atoms with van der Waals surface area (Å²) in [6, 6.07) is 8.82.